The zero-order valence-corrected chi connectivity index (χ0v) is 20.7. The number of halogens is 3. The standard InChI is InChI=1S/C21H26F3N3.C7H6O3/c1-17(15-26-12-3-2-4-13-26)16-27(19-8-10-25-11-9-19)20-7-5-6-18(14-20)21(22,23)24;8-6-4-2-1-3-5(6)7(9)10/h5-11,14,17H,2-4,12-13,15-16H2,1H3;1-4,8H,(H,9,10). The first-order valence-electron chi connectivity index (χ1n) is 12.2. The molecule has 3 aromatic rings. The molecular formula is C28H32F3N3O3. The summed E-state index contributed by atoms with van der Waals surface area (Å²) >= 11 is 0. The van der Waals surface area contributed by atoms with Gasteiger partial charge < -0.3 is 20.0 Å². The fraction of sp³-hybridized carbons (Fsp3) is 0.357. The van der Waals surface area contributed by atoms with Crippen molar-refractivity contribution < 1.29 is 28.2 Å². The molecule has 0 aliphatic carbocycles. The van der Waals surface area contributed by atoms with E-state index < -0.39 is 17.7 Å². The van der Waals surface area contributed by atoms with Crippen molar-refractivity contribution in [2.45, 2.75) is 32.4 Å². The van der Waals surface area contributed by atoms with Crippen molar-refractivity contribution in [2.75, 3.05) is 31.1 Å². The van der Waals surface area contributed by atoms with Crippen molar-refractivity contribution in [3.05, 3.63) is 84.2 Å². The number of aromatic hydroxyl groups is 1. The van der Waals surface area contributed by atoms with Crippen molar-refractivity contribution in [2.24, 2.45) is 5.92 Å². The Morgan fingerprint density at radius 1 is 1.00 bits per heavy atom. The van der Waals surface area contributed by atoms with Gasteiger partial charge in [0.1, 0.15) is 11.3 Å². The Hall–Kier alpha value is -3.59. The molecule has 0 radical (unpaired) electrons. The molecule has 0 spiro atoms. The monoisotopic (exact) mass is 515 g/mol. The molecule has 2 N–H and O–H groups in total. The number of carboxylic acids is 1. The second kappa shape index (κ2) is 13.1. The zero-order chi connectivity index (χ0) is 26.8. The van der Waals surface area contributed by atoms with Crippen molar-refractivity contribution in [1.82, 2.24) is 9.88 Å². The van der Waals surface area contributed by atoms with Crippen LogP contribution in [0.15, 0.2) is 73.1 Å². The molecule has 1 aliphatic rings. The van der Waals surface area contributed by atoms with Gasteiger partial charge in [0.15, 0.2) is 0 Å². The van der Waals surface area contributed by atoms with Crippen LogP contribution in [0.5, 0.6) is 5.75 Å². The van der Waals surface area contributed by atoms with E-state index >= 15 is 0 Å². The lowest BCUT2D eigenvalue weighted by molar-refractivity contribution is -0.137. The van der Waals surface area contributed by atoms with E-state index in [4.69, 9.17) is 10.2 Å². The molecule has 198 valence electrons. The summed E-state index contributed by atoms with van der Waals surface area (Å²) in [5.41, 5.74) is 0.724. The largest absolute Gasteiger partial charge is 0.507 e. The number of nitrogens with zero attached hydrogens (tertiary/aromatic N) is 3. The molecule has 6 nitrogen and oxygen atoms in total. The van der Waals surface area contributed by atoms with Crippen molar-refractivity contribution in [1.29, 1.82) is 0 Å². The van der Waals surface area contributed by atoms with Gasteiger partial charge in [-0.15, -0.1) is 0 Å². The lowest BCUT2D eigenvalue weighted by Crippen LogP contribution is -2.37. The quantitative estimate of drug-likeness (QED) is 0.377. The fourth-order valence-corrected chi connectivity index (χ4v) is 4.34. The third kappa shape index (κ3) is 8.49. The number of benzene rings is 2. The molecule has 1 aromatic heterocycles. The summed E-state index contributed by atoms with van der Waals surface area (Å²) < 4.78 is 39.5. The van der Waals surface area contributed by atoms with Gasteiger partial charge in [-0.05, 0) is 74.3 Å². The number of anilines is 2. The summed E-state index contributed by atoms with van der Waals surface area (Å²) in [5, 5.41) is 17.3. The molecule has 2 heterocycles. The minimum absolute atomic E-state index is 0.0671. The van der Waals surface area contributed by atoms with E-state index in [0.29, 0.717) is 18.2 Å². The van der Waals surface area contributed by atoms with Gasteiger partial charge in [0.2, 0.25) is 0 Å². The average Bonchev–Trinajstić information content (AvgIpc) is 2.88. The highest BCUT2D eigenvalue weighted by Crippen LogP contribution is 2.34. The van der Waals surface area contributed by atoms with Crippen molar-refractivity contribution in [3.63, 3.8) is 0 Å². The minimum Gasteiger partial charge on any atom is -0.507 e. The van der Waals surface area contributed by atoms with E-state index in [9.17, 15) is 18.0 Å². The summed E-state index contributed by atoms with van der Waals surface area (Å²) in [5.74, 6) is -0.987. The number of carbonyl (C=O) groups is 1. The van der Waals surface area contributed by atoms with Gasteiger partial charge in [-0.25, -0.2) is 4.79 Å². The van der Waals surface area contributed by atoms with Crippen LogP contribution in [-0.4, -0.2) is 52.2 Å². The van der Waals surface area contributed by atoms with Crippen molar-refractivity contribution >= 4 is 17.3 Å². The Morgan fingerprint density at radius 2 is 1.68 bits per heavy atom. The Kier molecular flexibility index (Phi) is 9.91. The van der Waals surface area contributed by atoms with Gasteiger partial charge >= 0.3 is 12.1 Å². The van der Waals surface area contributed by atoms with Crippen LogP contribution in [0, 0.1) is 5.92 Å². The highest BCUT2D eigenvalue weighted by Gasteiger charge is 2.31. The Balaban J connectivity index is 0.000000319. The van der Waals surface area contributed by atoms with Gasteiger partial charge in [0.25, 0.3) is 0 Å². The summed E-state index contributed by atoms with van der Waals surface area (Å²) in [7, 11) is 0. The normalized spacial score (nSPS) is 14.8. The van der Waals surface area contributed by atoms with E-state index in [1.54, 1.807) is 30.6 Å². The van der Waals surface area contributed by atoms with Crippen LogP contribution < -0.4 is 4.90 Å². The molecule has 0 amide bonds. The van der Waals surface area contributed by atoms with Gasteiger partial charge in [0, 0.05) is 36.9 Å². The number of para-hydroxylation sites is 1. The fourth-order valence-electron chi connectivity index (χ4n) is 4.34. The van der Waals surface area contributed by atoms with Crippen LogP contribution in [0.4, 0.5) is 24.5 Å². The predicted molar refractivity (Wildman–Crippen MR) is 137 cm³/mol. The molecular weight excluding hydrogens is 483 g/mol. The van der Waals surface area contributed by atoms with E-state index in [2.05, 4.69) is 16.8 Å². The predicted octanol–water partition coefficient (Wildman–Crippen LogP) is 6.45. The smallest absolute Gasteiger partial charge is 0.416 e. The number of alkyl halides is 3. The highest BCUT2D eigenvalue weighted by molar-refractivity contribution is 5.90. The van der Waals surface area contributed by atoms with Crippen LogP contribution in [0.25, 0.3) is 0 Å². The zero-order valence-electron chi connectivity index (χ0n) is 20.7. The molecule has 4 rings (SSSR count). The lowest BCUT2D eigenvalue weighted by atomic mass is 10.1. The lowest BCUT2D eigenvalue weighted by Gasteiger charge is -2.33. The Morgan fingerprint density at radius 3 is 2.27 bits per heavy atom. The van der Waals surface area contributed by atoms with Gasteiger partial charge in [-0.2, -0.15) is 13.2 Å². The summed E-state index contributed by atoms with van der Waals surface area (Å²) in [6.45, 7) is 6.01. The third-order valence-electron chi connectivity index (χ3n) is 6.11. The number of pyridine rings is 1. The second-order valence-corrected chi connectivity index (χ2v) is 9.15. The van der Waals surface area contributed by atoms with E-state index in [0.717, 1.165) is 31.4 Å². The number of hydrogen-bond donors (Lipinski definition) is 2. The number of likely N-dealkylation sites (tertiary alicyclic amines) is 1. The van der Waals surface area contributed by atoms with Crippen molar-refractivity contribution in [3.8, 4) is 5.75 Å². The average molecular weight is 516 g/mol. The number of aromatic nitrogens is 1. The first kappa shape index (κ1) is 28.0. The molecule has 1 aliphatic heterocycles. The van der Waals surface area contributed by atoms with Gasteiger partial charge in [-0.3, -0.25) is 4.98 Å². The minimum atomic E-state index is -4.35. The number of phenols is 1. The molecule has 1 fully saturated rings. The van der Waals surface area contributed by atoms with E-state index in [1.165, 1.54) is 43.5 Å². The molecule has 1 atom stereocenters. The van der Waals surface area contributed by atoms with Crippen LogP contribution in [-0.2, 0) is 6.18 Å². The topological polar surface area (TPSA) is 76.9 Å². The number of piperidine rings is 1. The number of rotatable bonds is 7. The molecule has 1 saturated heterocycles. The maximum absolute atomic E-state index is 13.2. The van der Waals surface area contributed by atoms with E-state index in [-0.39, 0.29) is 11.3 Å². The summed E-state index contributed by atoms with van der Waals surface area (Å²) in [6.07, 6.45) is 2.75. The van der Waals surface area contributed by atoms with Crippen LogP contribution in [0.3, 0.4) is 0 Å². The van der Waals surface area contributed by atoms with Crippen LogP contribution in [0.2, 0.25) is 0 Å². The van der Waals surface area contributed by atoms with Gasteiger partial charge in [0.05, 0.1) is 5.56 Å². The molecule has 1 unspecified atom stereocenters. The first-order valence-corrected chi connectivity index (χ1v) is 12.2. The third-order valence-corrected chi connectivity index (χ3v) is 6.11. The molecule has 2 aromatic carbocycles. The summed E-state index contributed by atoms with van der Waals surface area (Å²) in [4.78, 5) is 18.7. The maximum atomic E-state index is 13.2. The SMILES string of the molecule is CC(CN1CCCCC1)CN(c1ccncc1)c1cccc(C(F)(F)F)c1.O=C(O)c1ccccc1O. The van der Waals surface area contributed by atoms with Crippen LogP contribution in [0.1, 0.15) is 42.1 Å². The van der Waals surface area contributed by atoms with Gasteiger partial charge in [-0.1, -0.05) is 31.5 Å². The number of aromatic carboxylic acids is 1. The number of carboxylic acid groups (broad SMARTS) is 1. The summed E-state index contributed by atoms with van der Waals surface area (Å²) in [6, 6.07) is 15.1. The maximum Gasteiger partial charge on any atom is 0.416 e. The molecule has 9 heteroatoms. The number of hydrogen-bond acceptors (Lipinski definition) is 5. The van der Waals surface area contributed by atoms with Crippen LogP contribution >= 0.6 is 0 Å². The Bertz CT molecular complexity index is 1140. The Labute approximate surface area is 215 Å². The molecule has 0 bridgehead atoms. The second-order valence-electron chi connectivity index (χ2n) is 9.15. The highest BCUT2D eigenvalue weighted by atomic mass is 19.4. The first-order chi connectivity index (χ1) is 17.6. The molecule has 37 heavy (non-hydrogen) atoms. The molecule has 0 saturated carbocycles. The van der Waals surface area contributed by atoms with E-state index in [1.807, 2.05) is 17.0 Å².